The maximum atomic E-state index is 11.6. The van der Waals surface area contributed by atoms with Crippen molar-refractivity contribution >= 4 is 5.91 Å². The fraction of sp³-hybridized carbons (Fsp3) is 0.533. The monoisotopic (exact) mass is 265 g/mol. The van der Waals surface area contributed by atoms with Gasteiger partial charge in [-0.25, -0.2) is 0 Å². The van der Waals surface area contributed by atoms with Crippen molar-refractivity contribution in [2.24, 2.45) is 0 Å². The lowest BCUT2D eigenvalue weighted by Gasteiger charge is -2.17. The molecule has 106 valence electrons. The molecule has 0 radical (unpaired) electrons. The quantitative estimate of drug-likeness (QED) is 0.758. The van der Waals surface area contributed by atoms with Gasteiger partial charge in [-0.3, -0.25) is 4.79 Å². The van der Waals surface area contributed by atoms with Crippen LogP contribution in [0.4, 0.5) is 0 Å². The molecule has 4 heteroatoms. The molecule has 0 aliphatic carbocycles. The van der Waals surface area contributed by atoms with Gasteiger partial charge in [-0.05, 0) is 44.0 Å². The van der Waals surface area contributed by atoms with Crippen LogP contribution in [-0.4, -0.2) is 44.2 Å². The van der Waals surface area contributed by atoms with E-state index in [1.165, 1.54) is 11.1 Å². The number of benzene rings is 1. The lowest BCUT2D eigenvalue weighted by atomic mass is 10.1. The molecule has 1 rings (SSSR count). The average molecular weight is 265 g/mol. The number of nitrogens with zero attached hydrogens (tertiary/aromatic N) is 1. The van der Waals surface area contributed by atoms with Crippen molar-refractivity contribution in [1.29, 1.82) is 0 Å². The van der Waals surface area contributed by atoms with Crippen LogP contribution >= 0.6 is 0 Å². The number of hydrogen-bond donors (Lipinski definition) is 0. The zero-order chi connectivity index (χ0) is 14.3. The van der Waals surface area contributed by atoms with Gasteiger partial charge in [0.25, 0.3) is 0 Å². The van der Waals surface area contributed by atoms with Gasteiger partial charge in [-0.2, -0.15) is 0 Å². The maximum absolute atomic E-state index is 11.6. The van der Waals surface area contributed by atoms with Gasteiger partial charge < -0.3 is 14.4 Å². The highest BCUT2D eigenvalue weighted by atomic mass is 16.5. The van der Waals surface area contributed by atoms with Crippen molar-refractivity contribution in [3.63, 3.8) is 0 Å². The third-order valence-corrected chi connectivity index (χ3v) is 2.75. The lowest BCUT2D eigenvalue weighted by Crippen LogP contribution is -2.33. The summed E-state index contributed by atoms with van der Waals surface area (Å²) in [5.74, 6) is 0.828. The predicted molar refractivity (Wildman–Crippen MR) is 75.5 cm³/mol. The molecule has 1 amide bonds. The van der Waals surface area contributed by atoms with E-state index < -0.39 is 0 Å². The van der Waals surface area contributed by atoms with Crippen molar-refractivity contribution < 1.29 is 14.3 Å². The van der Waals surface area contributed by atoms with Crippen LogP contribution in [0, 0.1) is 13.8 Å². The van der Waals surface area contributed by atoms with Gasteiger partial charge in [0.05, 0.1) is 6.54 Å². The summed E-state index contributed by atoms with van der Waals surface area (Å²) in [5, 5.41) is 0. The van der Waals surface area contributed by atoms with Gasteiger partial charge in [-0.1, -0.05) is 6.07 Å². The van der Waals surface area contributed by atoms with E-state index in [-0.39, 0.29) is 12.5 Å². The number of amides is 1. The summed E-state index contributed by atoms with van der Waals surface area (Å²) >= 11 is 0. The van der Waals surface area contributed by atoms with Crippen LogP contribution in [0.25, 0.3) is 0 Å². The van der Waals surface area contributed by atoms with Gasteiger partial charge in [0.15, 0.2) is 0 Å². The molecule has 0 heterocycles. The molecule has 0 atom stereocenters. The Morgan fingerprint density at radius 2 is 1.84 bits per heavy atom. The molecule has 0 saturated heterocycles. The van der Waals surface area contributed by atoms with E-state index in [2.05, 4.69) is 6.07 Å². The first-order chi connectivity index (χ1) is 9.02. The first-order valence-corrected chi connectivity index (χ1v) is 6.55. The zero-order valence-corrected chi connectivity index (χ0v) is 12.2. The molecule has 0 spiro atoms. The molecular formula is C15H23NO3. The van der Waals surface area contributed by atoms with Crippen molar-refractivity contribution in [3.8, 4) is 5.75 Å². The van der Waals surface area contributed by atoms with Crippen LogP contribution in [-0.2, 0) is 9.53 Å². The average Bonchev–Trinajstić information content (AvgIpc) is 2.34. The number of carbonyl (C=O) groups is 1. The topological polar surface area (TPSA) is 38.8 Å². The fourth-order valence-electron chi connectivity index (χ4n) is 1.74. The Balaban J connectivity index is 2.35. The van der Waals surface area contributed by atoms with Crippen LogP contribution in [0.15, 0.2) is 18.2 Å². The van der Waals surface area contributed by atoms with Crippen LogP contribution in [0.5, 0.6) is 5.75 Å². The second-order valence-corrected chi connectivity index (χ2v) is 4.62. The summed E-state index contributed by atoms with van der Waals surface area (Å²) in [6.45, 7) is 7.68. The van der Waals surface area contributed by atoms with E-state index in [1.807, 2.05) is 32.9 Å². The minimum atomic E-state index is -0.0223. The van der Waals surface area contributed by atoms with Gasteiger partial charge in [-0.15, -0.1) is 0 Å². The Bertz CT molecular complexity index is 398. The van der Waals surface area contributed by atoms with E-state index in [9.17, 15) is 4.79 Å². The lowest BCUT2D eigenvalue weighted by molar-refractivity contribution is -0.134. The predicted octanol–water partition coefficient (Wildman–Crippen LogP) is 2.18. The van der Waals surface area contributed by atoms with Crippen LogP contribution in [0.1, 0.15) is 18.1 Å². The number of rotatable bonds is 7. The van der Waals surface area contributed by atoms with Crippen LogP contribution in [0.2, 0.25) is 0 Å². The second kappa shape index (κ2) is 7.79. The van der Waals surface area contributed by atoms with Crippen LogP contribution in [0.3, 0.4) is 0 Å². The summed E-state index contributed by atoms with van der Waals surface area (Å²) in [5.41, 5.74) is 2.35. The van der Waals surface area contributed by atoms with Crippen molar-refractivity contribution in [3.05, 3.63) is 29.3 Å². The Kier molecular flexibility index (Phi) is 6.36. The highest BCUT2D eigenvalue weighted by Crippen LogP contribution is 2.15. The number of ether oxygens (including phenoxy) is 2. The van der Waals surface area contributed by atoms with Gasteiger partial charge in [0.1, 0.15) is 19.0 Å². The molecule has 0 fully saturated rings. The first kappa shape index (κ1) is 15.5. The normalized spacial score (nSPS) is 10.3. The Morgan fingerprint density at radius 3 is 2.42 bits per heavy atom. The van der Waals surface area contributed by atoms with Gasteiger partial charge >= 0.3 is 0 Å². The summed E-state index contributed by atoms with van der Waals surface area (Å²) < 4.78 is 10.7. The Hall–Kier alpha value is -1.55. The highest BCUT2D eigenvalue weighted by molar-refractivity contribution is 5.77. The second-order valence-electron chi connectivity index (χ2n) is 4.62. The molecule has 0 aliphatic heterocycles. The number of likely N-dealkylation sites (N-methyl/N-ethyl adjacent to an activating group) is 1. The molecule has 4 nitrogen and oxygen atoms in total. The van der Waals surface area contributed by atoms with Crippen molar-refractivity contribution in [1.82, 2.24) is 4.90 Å². The number of carbonyl (C=O) groups excluding carboxylic acids is 1. The van der Waals surface area contributed by atoms with Gasteiger partial charge in [0, 0.05) is 13.7 Å². The van der Waals surface area contributed by atoms with E-state index in [4.69, 9.17) is 9.47 Å². The molecule has 0 saturated carbocycles. The summed E-state index contributed by atoms with van der Waals surface area (Å²) in [7, 11) is 1.76. The number of aryl methyl sites for hydroxylation is 2. The molecule has 19 heavy (non-hydrogen) atoms. The molecule has 0 aromatic heterocycles. The molecule has 1 aromatic rings. The molecule has 0 N–H and O–H groups in total. The molecule has 1 aromatic carbocycles. The minimum absolute atomic E-state index is 0.0223. The minimum Gasteiger partial charge on any atom is -0.492 e. The Morgan fingerprint density at radius 1 is 1.21 bits per heavy atom. The molecular weight excluding hydrogens is 242 g/mol. The largest absolute Gasteiger partial charge is 0.492 e. The SMILES string of the molecule is CCOCC(=O)N(C)CCOc1cc(C)cc(C)c1. The molecule has 0 unspecified atom stereocenters. The summed E-state index contributed by atoms with van der Waals surface area (Å²) in [6.07, 6.45) is 0. The van der Waals surface area contributed by atoms with Crippen molar-refractivity contribution in [2.45, 2.75) is 20.8 Å². The standard InChI is InChI=1S/C15H23NO3/c1-5-18-11-15(17)16(4)6-7-19-14-9-12(2)8-13(3)10-14/h8-10H,5-7,11H2,1-4H3. The fourth-order valence-corrected chi connectivity index (χ4v) is 1.74. The third-order valence-electron chi connectivity index (χ3n) is 2.75. The van der Waals surface area contributed by atoms with E-state index >= 15 is 0 Å². The van der Waals surface area contributed by atoms with E-state index in [1.54, 1.807) is 11.9 Å². The molecule has 0 bridgehead atoms. The third kappa shape index (κ3) is 5.75. The zero-order valence-electron chi connectivity index (χ0n) is 12.2. The Labute approximate surface area is 115 Å². The summed E-state index contributed by atoms with van der Waals surface area (Å²) in [4.78, 5) is 13.2. The van der Waals surface area contributed by atoms with E-state index in [0.29, 0.717) is 19.8 Å². The smallest absolute Gasteiger partial charge is 0.248 e. The highest BCUT2D eigenvalue weighted by Gasteiger charge is 2.08. The van der Waals surface area contributed by atoms with E-state index in [0.717, 1.165) is 5.75 Å². The maximum Gasteiger partial charge on any atom is 0.248 e. The van der Waals surface area contributed by atoms with Gasteiger partial charge in [0.2, 0.25) is 5.91 Å². The van der Waals surface area contributed by atoms with Crippen molar-refractivity contribution in [2.75, 3.05) is 33.4 Å². The van der Waals surface area contributed by atoms with Crippen LogP contribution < -0.4 is 4.74 Å². The summed E-state index contributed by atoms with van der Waals surface area (Å²) in [6, 6.07) is 6.09. The first-order valence-electron chi connectivity index (χ1n) is 6.55. The molecule has 0 aliphatic rings. The number of hydrogen-bond acceptors (Lipinski definition) is 3.